The summed E-state index contributed by atoms with van der Waals surface area (Å²) in [5.74, 6) is -1.00. The zero-order valence-corrected chi connectivity index (χ0v) is 12.0. The highest BCUT2D eigenvalue weighted by Gasteiger charge is 2.38. The molecule has 0 aromatic heterocycles. The lowest BCUT2D eigenvalue weighted by Crippen LogP contribution is -2.49. The number of nitrogens with one attached hydrogen (secondary N) is 1. The van der Waals surface area contributed by atoms with Crippen LogP contribution in [0.3, 0.4) is 0 Å². The van der Waals surface area contributed by atoms with Gasteiger partial charge in [-0.1, -0.05) is 12.1 Å². The molecule has 3 nitrogen and oxygen atoms in total. The van der Waals surface area contributed by atoms with E-state index in [1.165, 1.54) is 12.1 Å². The Morgan fingerprint density at radius 2 is 2.05 bits per heavy atom. The Morgan fingerprint density at radius 1 is 1.40 bits per heavy atom. The third-order valence-electron chi connectivity index (χ3n) is 3.54. The lowest BCUT2D eigenvalue weighted by molar-refractivity contribution is -0.141. The van der Waals surface area contributed by atoms with Gasteiger partial charge in [0.15, 0.2) is 11.6 Å². The fourth-order valence-corrected chi connectivity index (χ4v) is 3.37. The molecule has 1 amide bonds. The van der Waals surface area contributed by atoms with E-state index in [4.69, 9.17) is 0 Å². The van der Waals surface area contributed by atoms with Gasteiger partial charge in [0.2, 0.25) is 0 Å². The molecule has 0 aliphatic carbocycles. The molecule has 0 bridgehead atoms. The fraction of sp³-hybridized carbons (Fsp3) is 0.500. The maximum Gasteiger partial charge on any atom is 0.252 e. The highest BCUT2D eigenvalue weighted by Crippen LogP contribution is 2.28. The van der Waals surface area contributed by atoms with Crippen LogP contribution in [0.15, 0.2) is 18.2 Å². The number of hydrogen-bond donors (Lipinski definition) is 2. The first-order chi connectivity index (χ1) is 9.44. The third-order valence-corrected chi connectivity index (χ3v) is 4.52. The van der Waals surface area contributed by atoms with Gasteiger partial charge < -0.3 is 10.4 Å². The highest BCUT2D eigenvalue weighted by atomic mass is 32.2. The van der Waals surface area contributed by atoms with Crippen LogP contribution in [0.1, 0.15) is 31.4 Å². The normalized spacial score (nSPS) is 19.4. The average molecular weight is 301 g/mol. The molecule has 1 fully saturated rings. The van der Waals surface area contributed by atoms with Gasteiger partial charge in [-0.15, -0.1) is 0 Å². The van der Waals surface area contributed by atoms with Crippen molar-refractivity contribution in [3.63, 3.8) is 0 Å². The zero-order chi connectivity index (χ0) is 14.8. The first-order valence-electron chi connectivity index (χ1n) is 6.49. The van der Waals surface area contributed by atoms with Crippen molar-refractivity contribution in [1.29, 1.82) is 0 Å². The van der Waals surface area contributed by atoms with E-state index in [1.807, 2.05) is 0 Å². The SMILES string of the molecule is CC(NC(=O)C1(O)CCSCC1)c1cccc(F)c1F. The third kappa shape index (κ3) is 3.12. The Balaban J connectivity index is 2.09. The molecule has 0 radical (unpaired) electrons. The second kappa shape index (κ2) is 6.10. The predicted molar refractivity (Wildman–Crippen MR) is 74.4 cm³/mol. The molecule has 2 rings (SSSR count). The molecule has 1 aliphatic rings. The summed E-state index contributed by atoms with van der Waals surface area (Å²) in [5, 5.41) is 12.8. The Labute approximate surface area is 120 Å². The van der Waals surface area contributed by atoms with Crippen molar-refractivity contribution in [2.24, 2.45) is 0 Å². The van der Waals surface area contributed by atoms with Crippen molar-refractivity contribution in [1.82, 2.24) is 5.32 Å². The van der Waals surface area contributed by atoms with Crippen molar-refractivity contribution in [3.8, 4) is 0 Å². The van der Waals surface area contributed by atoms with Crippen molar-refractivity contribution in [3.05, 3.63) is 35.4 Å². The zero-order valence-electron chi connectivity index (χ0n) is 11.2. The molecule has 1 aliphatic heterocycles. The van der Waals surface area contributed by atoms with Crippen LogP contribution in [-0.4, -0.2) is 28.1 Å². The number of carbonyl (C=O) groups is 1. The van der Waals surface area contributed by atoms with Crippen molar-refractivity contribution >= 4 is 17.7 Å². The number of thioether (sulfide) groups is 1. The number of carbonyl (C=O) groups excluding carboxylic acids is 1. The minimum absolute atomic E-state index is 0.0761. The monoisotopic (exact) mass is 301 g/mol. The molecule has 0 saturated carbocycles. The molecule has 1 aromatic carbocycles. The number of rotatable bonds is 3. The number of aliphatic hydroxyl groups is 1. The van der Waals surface area contributed by atoms with Crippen LogP contribution in [0.5, 0.6) is 0 Å². The Hall–Kier alpha value is -1.14. The van der Waals surface area contributed by atoms with Crippen LogP contribution in [0, 0.1) is 11.6 Å². The molecule has 20 heavy (non-hydrogen) atoms. The Bertz CT molecular complexity index is 504. The molecule has 1 atom stereocenters. The van der Waals surface area contributed by atoms with Crippen molar-refractivity contribution in [2.45, 2.75) is 31.4 Å². The molecular weight excluding hydrogens is 284 g/mol. The summed E-state index contributed by atoms with van der Waals surface area (Å²) in [5.41, 5.74) is -1.32. The topological polar surface area (TPSA) is 49.3 Å². The summed E-state index contributed by atoms with van der Waals surface area (Å²) >= 11 is 1.68. The summed E-state index contributed by atoms with van der Waals surface area (Å²) in [7, 11) is 0. The molecule has 1 heterocycles. The Kier molecular flexibility index (Phi) is 4.65. The maximum atomic E-state index is 13.6. The van der Waals surface area contributed by atoms with E-state index in [-0.39, 0.29) is 5.56 Å². The van der Waals surface area contributed by atoms with Gasteiger partial charge in [-0.05, 0) is 37.3 Å². The van der Waals surface area contributed by atoms with Gasteiger partial charge in [-0.25, -0.2) is 8.78 Å². The fourth-order valence-electron chi connectivity index (χ4n) is 2.20. The van der Waals surface area contributed by atoms with Gasteiger partial charge in [0.05, 0.1) is 6.04 Å². The van der Waals surface area contributed by atoms with E-state index in [0.29, 0.717) is 24.3 Å². The van der Waals surface area contributed by atoms with E-state index >= 15 is 0 Å². The maximum absolute atomic E-state index is 13.6. The molecule has 1 unspecified atom stereocenters. The van der Waals surface area contributed by atoms with Gasteiger partial charge in [-0.3, -0.25) is 4.79 Å². The molecule has 1 saturated heterocycles. The quantitative estimate of drug-likeness (QED) is 0.901. The molecule has 2 N–H and O–H groups in total. The van der Waals surface area contributed by atoms with E-state index in [9.17, 15) is 18.7 Å². The van der Waals surface area contributed by atoms with E-state index in [0.717, 1.165) is 6.07 Å². The van der Waals surface area contributed by atoms with Crippen LogP contribution in [0.4, 0.5) is 8.78 Å². The van der Waals surface area contributed by atoms with Gasteiger partial charge in [0.1, 0.15) is 5.60 Å². The summed E-state index contributed by atoms with van der Waals surface area (Å²) in [6, 6.07) is 3.14. The molecular formula is C14H17F2NO2S. The second-order valence-corrected chi connectivity index (χ2v) is 6.21. The van der Waals surface area contributed by atoms with Crippen LogP contribution >= 0.6 is 11.8 Å². The van der Waals surface area contributed by atoms with Gasteiger partial charge >= 0.3 is 0 Å². The molecule has 110 valence electrons. The second-order valence-electron chi connectivity index (χ2n) is 4.98. The van der Waals surface area contributed by atoms with E-state index < -0.39 is 29.2 Å². The van der Waals surface area contributed by atoms with Crippen molar-refractivity contribution in [2.75, 3.05) is 11.5 Å². The van der Waals surface area contributed by atoms with E-state index in [1.54, 1.807) is 18.7 Å². The van der Waals surface area contributed by atoms with E-state index in [2.05, 4.69) is 5.32 Å². The lowest BCUT2D eigenvalue weighted by Gasteiger charge is -2.31. The van der Waals surface area contributed by atoms with Crippen LogP contribution in [-0.2, 0) is 4.79 Å². The Morgan fingerprint density at radius 3 is 2.70 bits per heavy atom. The van der Waals surface area contributed by atoms with Crippen LogP contribution in [0.2, 0.25) is 0 Å². The summed E-state index contributed by atoms with van der Waals surface area (Å²) in [6.07, 6.45) is 0.754. The standard InChI is InChI=1S/C14H17F2NO2S/c1-9(10-3-2-4-11(15)12(10)16)17-13(18)14(19)5-7-20-8-6-14/h2-4,9,19H,5-8H2,1H3,(H,17,18). The minimum atomic E-state index is -1.40. The van der Waals surface area contributed by atoms with Crippen LogP contribution < -0.4 is 5.32 Å². The lowest BCUT2D eigenvalue weighted by atomic mass is 9.95. The van der Waals surface area contributed by atoms with Gasteiger partial charge in [0.25, 0.3) is 5.91 Å². The molecule has 0 spiro atoms. The largest absolute Gasteiger partial charge is 0.380 e. The number of benzene rings is 1. The first kappa shape index (κ1) is 15.3. The predicted octanol–water partition coefficient (Wildman–Crippen LogP) is 2.40. The average Bonchev–Trinajstić information content (AvgIpc) is 2.42. The highest BCUT2D eigenvalue weighted by molar-refractivity contribution is 7.99. The first-order valence-corrected chi connectivity index (χ1v) is 7.64. The smallest absolute Gasteiger partial charge is 0.252 e. The number of halogens is 2. The minimum Gasteiger partial charge on any atom is -0.380 e. The van der Waals surface area contributed by atoms with Gasteiger partial charge in [-0.2, -0.15) is 11.8 Å². The summed E-state index contributed by atoms with van der Waals surface area (Å²) in [6.45, 7) is 1.57. The van der Waals surface area contributed by atoms with Crippen molar-refractivity contribution < 1.29 is 18.7 Å². The molecule has 6 heteroatoms. The number of amides is 1. The number of hydrogen-bond acceptors (Lipinski definition) is 3. The van der Waals surface area contributed by atoms with Gasteiger partial charge in [0, 0.05) is 5.56 Å². The molecule has 1 aromatic rings. The summed E-state index contributed by atoms with van der Waals surface area (Å²) in [4.78, 5) is 12.1. The summed E-state index contributed by atoms with van der Waals surface area (Å²) < 4.78 is 26.8. The van der Waals surface area contributed by atoms with Crippen LogP contribution in [0.25, 0.3) is 0 Å².